The lowest BCUT2D eigenvalue weighted by Crippen LogP contribution is -2.50. The van der Waals surface area contributed by atoms with Crippen molar-refractivity contribution in [2.75, 3.05) is 13.1 Å². The summed E-state index contributed by atoms with van der Waals surface area (Å²) < 4.78 is 44.8. The molecule has 5 rings (SSSR count). The van der Waals surface area contributed by atoms with E-state index in [9.17, 15) is 28.7 Å². The number of ether oxygens (including phenoxy) is 5. The van der Waals surface area contributed by atoms with Crippen LogP contribution in [0.5, 0.6) is 0 Å². The Morgan fingerprint density at radius 3 is 1.96 bits per heavy atom. The number of esters is 1. The molecule has 1 aromatic heterocycles. The van der Waals surface area contributed by atoms with Gasteiger partial charge in [-0.25, -0.2) is 14.0 Å². The first kappa shape index (κ1) is 37.4. The first-order valence-electron chi connectivity index (χ1n) is 16.5. The Kier molecular flexibility index (Phi) is 11.8. The van der Waals surface area contributed by atoms with Crippen LogP contribution in [-0.2, 0) is 39.8 Å². The highest BCUT2D eigenvalue weighted by atomic mass is 19.1. The monoisotopic (exact) mass is 719 g/mol. The maximum Gasteiger partial charge on any atom is 0.514 e. The van der Waals surface area contributed by atoms with Crippen molar-refractivity contribution >= 4 is 24.2 Å². The van der Waals surface area contributed by atoms with Crippen LogP contribution in [0.3, 0.4) is 0 Å². The molecule has 0 spiro atoms. The van der Waals surface area contributed by atoms with Crippen LogP contribution in [-0.4, -0.2) is 76.2 Å². The van der Waals surface area contributed by atoms with Gasteiger partial charge in [0.1, 0.15) is 5.82 Å². The van der Waals surface area contributed by atoms with Crippen molar-refractivity contribution in [3.63, 3.8) is 0 Å². The summed E-state index contributed by atoms with van der Waals surface area (Å²) in [6.07, 6.45) is -4.11. The molecule has 1 aliphatic rings. The van der Waals surface area contributed by atoms with E-state index in [0.29, 0.717) is 29.1 Å². The molecule has 0 unspecified atom stereocenters. The number of hydrogen-bond donors (Lipinski definition) is 1. The summed E-state index contributed by atoms with van der Waals surface area (Å²) in [6, 6.07) is 21.3. The Hall–Kier alpha value is -5.83. The molecule has 0 saturated carbocycles. The minimum Gasteiger partial charge on any atom is -0.480 e. The van der Waals surface area contributed by atoms with Gasteiger partial charge in [0, 0.05) is 36.3 Å². The Labute approximate surface area is 298 Å². The van der Waals surface area contributed by atoms with Crippen molar-refractivity contribution in [1.29, 1.82) is 0 Å². The van der Waals surface area contributed by atoms with Crippen molar-refractivity contribution in [3.8, 4) is 34.0 Å². The molecule has 1 aliphatic heterocycles. The number of hydrogen-bond acceptors (Lipinski definition) is 13. The van der Waals surface area contributed by atoms with Gasteiger partial charge in [0.2, 0.25) is 5.82 Å². The van der Waals surface area contributed by atoms with Crippen molar-refractivity contribution in [1.82, 2.24) is 15.0 Å². The molecule has 4 aromatic rings. The normalized spacial score (nSPS) is 14.2. The fraction of sp³-hybridized carbons (Fsp3) is 0.351. The standard InChI is InChI=1S/C37H38FN3O11/c1-22(2)47-34(45)50-36(51-35(46)48-23(3)4)49-33(44)37(32(42)43)16-18-41(19-17-37)21-24-10-12-26(13-11-24)30-39-31(52-40-30)27-14-15-28(29(38)20-27)25-8-6-5-7-9-25/h5-15,20,22-23,36H,16-19,21H2,1-4H3,(H,42,43). The van der Waals surface area contributed by atoms with Crippen molar-refractivity contribution in [2.24, 2.45) is 5.41 Å². The van der Waals surface area contributed by atoms with Crippen LogP contribution in [0.1, 0.15) is 46.1 Å². The lowest BCUT2D eigenvalue weighted by molar-refractivity contribution is -0.249. The van der Waals surface area contributed by atoms with E-state index in [4.69, 9.17) is 28.2 Å². The molecular weight excluding hydrogens is 681 g/mol. The molecule has 0 aliphatic carbocycles. The summed E-state index contributed by atoms with van der Waals surface area (Å²) in [4.78, 5) is 56.2. The third-order valence-electron chi connectivity index (χ3n) is 8.11. The molecule has 1 fully saturated rings. The summed E-state index contributed by atoms with van der Waals surface area (Å²) in [5.41, 5.74) is 1.21. The number of rotatable bonds is 12. The number of carboxylic acid groups (broad SMARTS) is 1. The fourth-order valence-corrected chi connectivity index (χ4v) is 5.44. The molecule has 1 N–H and O–H groups in total. The smallest absolute Gasteiger partial charge is 0.480 e. The van der Waals surface area contributed by atoms with Gasteiger partial charge in [0.05, 0.1) is 12.2 Å². The average Bonchev–Trinajstić information content (AvgIpc) is 3.59. The highest BCUT2D eigenvalue weighted by Gasteiger charge is 2.51. The molecular formula is C37H38FN3O11. The number of nitrogens with zero attached hydrogens (tertiary/aromatic N) is 3. The number of piperidine rings is 1. The number of halogens is 1. The van der Waals surface area contributed by atoms with E-state index < -0.39 is 54.2 Å². The van der Waals surface area contributed by atoms with Gasteiger partial charge in [-0.3, -0.25) is 14.5 Å². The first-order chi connectivity index (χ1) is 24.8. The maximum absolute atomic E-state index is 14.9. The fourth-order valence-electron chi connectivity index (χ4n) is 5.44. The van der Waals surface area contributed by atoms with Crippen molar-refractivity contribution < 1.29 is 56.9 Å². The predicted molar refractivity (Wildman–Crippen MR) is 180 cm³/mol. The van der Waals surface area contributed by atoms with E-state index in [0.717, 1.165) is 11.1 Å². The van der Waals surface area contributed by atoms with Gasteiger partial charge >= 0.3 is 30.7 Å². The highest BCUT2D eigenvalue weighted by molar-refractivity contribution is 5.99. The van der Waals surface area contributed by atoms with E-state index in [-0.39, 0.29) is 31.8 Å². The summed E-state index contributed by atoms with van der Waals surface area (Å²) in [6.45, 7) is 4.76. The minimum atomic E-state index is -2.24. The van der Waals surface area contributed by atoms with Gasteiger partial charge < -0.3 is 33.3 Å². The van der Waals surface area contributed by atoms with Crippen LogP contribution in [0.4, 0.5) is 14.0 Å². The first-order valence-corrected chi connectivity index (χ1v) is 16.5. The number of carboxylic acids is 1. The Morgan fingerprint density at radius 1 is 0.808 bits per heavy atom. The second-order valence-corrected chi connectivity index (χ2v) is 12.6. The van der Waals surface area contributed by atoms with E-state index in [1.165, 1.54) is 6.07 Å². The summed E-state index contributed by atoms with van der Waals surface area (Å²) in [5.74, 6) is -2.62. The topological polar surface area (TPSA) is 177 Å². The van der Waals surface area contributed by atoms with Gasteiger partial charge in [-0.15, -0.1) is 0 Å². The minimum absolute atomic E-state index is 0.141. The zero-order valence-corrected chi connectivity index (χ0v) is 28.9. The quantitative estimate of drug-likeness (QED) is 0.0698. The second kappa shape index (κ2) is 16.5. The van der Waals surface area contributed by atoms with Gasteiger partial charge in [-0.2, -0.15) is 4.98 Å². The zero-order chi connectivity index (χ0) is 37.4. The molecule has 14 nitrogen and oxygen atoms in total. The van der Waals surface area contributed by atoms with Crippen molar-refractivity contribution in [3.05, 3.63) is 84.2 Å². The highest BCUT2D eigenvalue weighted by Crippen LogP contribution is 2.35. The van der Waals surface area contributed by atoms with Gasteiger partial charge in [-0.1, -0.05) is 65.8 Å². The third-order valence-corrected chi connectivity index (χ3v) is 8.11. The Bertz CT molecular complexity index is 1850. The lowest BCUT2D eigenvalue weighted by Gasteiger charge is -2.37. The molecule has 0 radical (unpaired) electrons. The molecule has 52 heavy (non-hydrogen) atoms. The molecule has 0 bridgehead atoms. The molecule has 2 heterocycles. The second-order valence-electron chi connectivity index (χ2n) is 12.6. The average molecular weight is 720 g/mol. The van der Waals surface area contributed by atoms with Gasteiger partial charge in [0.25, 0.3) is 5.89 Å². The molecule has 274 valence electrons. The van der Waals surface area contributed by atoms with Crippen LogP contribution in [0.2, 0.25) is 0 Å². The van der Waals surface area contributed by atoms with E-state index >= 15 is 0 Å². The number of aromatic nitrogens is 2. The lowest BCUT2D eigenvalue weighted by atomic mass is 9.78. The summed E-state index contributed by atoms with van der Waals surface area (Å²) >= 11 is 0. The van der Waals surface area contributed by atoms with Gasteiger partial charge in [-0.05, 0) is 63.8 Å². The zero-order valence-electron chi connectivity index (χ0n) is 28.9. The van der Waals surface area contributed by atoms with Gasteiger partial charge in [0.15, 0.2) is 5.41 Å². The molecule has 0 amide bonds. The number of carbonyl (C=O) groups is 4. The number of aliphatic carboxylic acids is 1. The van der Waals surface area contributed by atoms with Crippen LogP contribution >= 0.6 is 0 Å². The van der Waals surface area contributed by atoms with Crippen LogP contribution in [0, 0.1) is 11.2 Å². The number of likely N-dealkylation sites (tertiary alicyclic amines) is 1. The number of carbonyl (C=O) groups excluding carboxylic acids is 3. The van der Waals surface area contributed by atoms with Crippen LogP contribution in [0.25, 0.3) is 34.0 Å². The largest absolute Gasteiger partial charge is 0.514 e. The van der Waals surface area contributed by atoms with Crippen molar-refractivity contribution in [2.45, 2.75) is 65.8 Å². The molecule has 3 aromatic carbocycles. The SMILES string of the molecule is CC(C)OC(=O)OC(OC(=O)OC(C)C)OC(=O)C1(C(=O)O)CCN(Cc2ccc(-c3noc(-c4ccc(-c5ccccc5)c(F)c4)n3)cc2)CC1. The Morgan fingerprint density at radius 2 is 1.40 bits per heavy atom. The predicted octanol–water partition coefficient (Wildman–Crippen LogP) is 6.83. The van der Waals surface area contributed by atoms with Crippen LogP contribution < -0.4 is 0 Å². The Balaban J connectivity index is 1.19. The van der Waals surface area contributed by atoms with E-state index in [1.807, 2.05) is 47.4 Å². The summed E-state index contributed by atoms with van der Waals surface area (Å²) in [5, 5.41) is 14.2. The summed E-state index contributed by atoms with van der Waals surface area (Å²) in [7, 11) is 0. The number of benzene rings is 3. The van der Waals surface area contributed by atoms with E-state index in [2.05, 4.69) is 10.1 Å². The van der Waals surface area contributed by atoms with E-state index in [1.54, 1.807) is 52.0 Å². The maximum atomic E-state index is 14.9. The van der Waals surface area contributed by atoms with Crippen LogP contribution in [0.15, 0.2) is 77.3 Å². The third kappa shape index (κ3) is 9.28. The molecule has 1 saturated heterocycles. The molecule has 15 heteroatoms. The molecule has 0 atom stereocenters.